The first kappa shape index (κ1) is 17.3. The number of carbonyl (C=O) groups is 1. The summed E-state index contributed by atoms with van der Waals surface area (Å²) >= 11 is 0. The zero-order valence-corrected chi connectivity index (χ0v) is 13.6. The van der Waals surface area contributed by atoms with Gasteiger partial charge in [0.25, 0.3) is 0 Å². The topological polar surface area (TPSA) is 69.9 Å². The maximum Gasteiger partial charge on any atom is 0.224 e. The summed E-state index contributed by atoms with van der Waals surface area (Å²) < 4.78 is 20.9. The molecule has 2 rings (SSSR count). The van der Waals surface area contributed by atoms with Gasteiger partial charge >= 0.3 is 0 Å². The monoisotopic (exact) mass is 321 g/mol. The molecule has 6 nitrogen and oxygen atoms in total. The van der Waals surface area contributed by atoms with Gasteiger partial charge in [0.2, 0.25) is 5.91 Å². The van der Waals surface area contributed by atoms with Crippen LogP contribution >= 0.6 is 0 Å². The Morgan fingerprint density at radius 3 is 2.87 bits per heavy atom. The normalized spacial score (nSPS) is 10.9. The van der Waals surface area contributed by atoms with Crippen LogP contribution in [-0.2, 0) is 20.7 Å². The molecule has 23 heavy (non-hydrogen) atoms. The van der Waals surface area contributed by atoms with Crippen molar-refractivity contribution in [2.75, 3.05) is 40.6 Å². The summed E-state index contributed by atoms with van der Waals surface area (Å²) in [6.45, 7) is 2.37. The highest BCUT2D eigenvalue weighted by Gasteiger charge is 2.10. The van der Waals surface area contributed by atoms with E-state index in [2.05, 4.69) is 5.32 Å². The first-order valence-corrected chi connectivity index (χ1v) is 7.62. The molecular formula is C17H23NO5. The van der Waals surface area contributed by atoms with Crippen LogP contribution in [0.25, 0.3) is 11.0 Å². The first-order valence-electron chi connectivity index (χ1n) is 7.62. The molecule has 0 aliphatic heterocycles. The van der Waals surface area contributed by atoms with Crippen molar-refractivity contribution in [2.24, 2.45) is 0 Å². The van der Waals surface area contributed by atoms with Crippen LogP contribution in [0, 0.1) is 0 Å². The van der Waals surface area contributed by atoms with Gasteiger partial charge in [-0.15, -0.1) is 0 Å². The van der Waals surface area contributed by atoms with E-state index in [1.54, 1.807) is 20.5 Å². The van der Waals surface area contributed by atoms with Crippen molar-refractivity contribution in [2.45, 2.75) is 12.8 Å². The van der Waals surface area contributed by atoms with E-state index in [9.17, 15) is 4.79 Å². The molecule has 2 aromatic rings. The molecule has 0 atom stereocenters. The van der Waals surface area contributed by atoms with Crippen molar-refractivity contribution in [1.82, 2.24) is 5.32 Å². The van der Waals surface area contributed by atoms with Crippen LogP contribution < -0.4 is 10.1 Å². The van der Waals surface area contributed by atoms with E-state index in [4.69, 9.17) is 18.6 Å². The number of nitrogens with one attached hydrogen (secondary N) is 1. The molecule has 1 aromatic heterocycles. The Kier molecular flexibility index (Phi) is 6.90. The number of ether oxygens (including phenoxy) is 3. The number of carbonyl (C=O) groups excluding carboxylic acids is 1. The number of fused-ring (bicyclic) bond motifs is 1. The number of furan rings is 1. The largest absolute Gasteiger partial charge is 0.497 e. The molecule has 1 amide bonds. The molecule has 0 saturated carbocycles. The second-order valence-corrected chi connectivity index (χ2v) is 5.11. The Balaban J connectivity index is 1.75. The summed E-state index contributed by atoms with van der Waals surface area (Å²) in [5.41, 5.74) is 1.59. The van der Waals surface area contributed by atoms with E-state index in [-0.39, 0.29) is 5.91 Å². The summed E-state index contributed by atoms with van der Waals surface area (Å²) in [6.07, 6.45) is 2.69. The summed E-state index contributed by atoms with van der Waals surface area (Å²) in [5, 5.41) is 3.82. The highest BCUT2D eigenvalue weighted by atomic mass is 16.5. The molecule has 0 fully saturated rings. The van der Waals surface area contributed by atoms with E-state index in [1.807, 2.05) is 18.2 Å². The van der Waals surface area contributed by atoms with Gasteiger partial charge < -0.3 is 23.9 Å². The lowest BCUT2D eigenvalue weighted by Crippen LogP contribution is -2.26. The van der Waals surface area contributed by atoms with E-state index >= 15 is 0 Å². The Morgan fingerprint density at radius 1 is 1.22 bits per heavy atom. The Bertz CT molecular complexity index is 622. The van der Waals surface area contributed by atoms with Crippen LogP contribution in [0.1, 0.15) is 12.0 Å². The van der Waals surface area contributed by atoms with Gasteiger partial charge in [0.15, 0.2) is 0 Å². The second kappa shape index (κ2) is 9.17. The van der Waals surface area contributed by atoms with Gasteiger partial charge in [-0.3, -0.25) is 4.79 Å². The lowest BCUT2D eigenvalue weighted by Gasteiger charge is -2.05. The SMILES string of the molecule is COCCOCCCNC(=O)Cc1coc2cc(OC)ccc12. The predicted octanol–water partition coefficient (Wildman–Crippen LogP) is 2.15. The van der Waals surface area contributed by atoms with Crippen molar-refractivity contribution in [3.8, 4) is 5.75 Å². The number of hydrogen-bond acceptors (Lipinski definition) is 5. The minimum Gasteiger partial charge on any atom is -0.497 e. The number of methoxy groups -OCH3 is 2. The van der Waals surface area contributed by atoms with E-state index in [0.717, 1.165) is 28.7 Å². The minimum absolute atomic E-state index is 0.0274. The molecule has 0 radical (unpaired) electrons. The van der Waals surface area contributed by atoms with Crippen LogP contribution in [0.2, 0.25) is 0 Å². The Hall–Kier alpha value is -2.05. The van der Waals surface area contributed by atoms with Gasteiger partial charge in [0.05, 0.1) is 33.0 Å². The maximum absolute atomic E-state index is 12.0. The second-order valence-electron chi connectivity index (χ2n) is 5.11. The molecule has 0 saturated heterocycles. The number of amides is 1. The molecule has 0 bridgehead atoms. The Morgan fingerprint density at radius 2 is 2.09 bits per heavy atom. The van der Waals surface area contributed by atoms with Crippen molar-refractivity contribution >= 4 is 16.9 Å². The molecule has 126 valence electrons. The highest BCUT2D eigenvalue weighted by Crippen LogP contribution is 2.25. The third-order valence-electron chi connectivity index (χ3n) is 3.43. The third-order valence-corrected chi connectivity index (χ3v) is 3.43. The van der Waals surface area contributed by atoms with Crippen LogP contribution in [0.4, 0.5) is 0 Å². The van der Waals surface area contributed by atoms with Crippen molar-refractivity contribution in [3.05, 3.63) is 30.0 Å². The molecule has 6 heteroatoms. The quantitative estimate of drug-likeness (QED) is 0.679. The summed E-state index contributed by atoms with van der Waals surface area (Å²) in [7, 11) is 3.25. The van der Waals surface area contributed by atoms with Gasteiger partial charge in [-0.25, -0.2) is 0 Å². The predicted molar refractivity (Wildman–Crippen MR) is 86.8 cm³/mol. The van der Waals surface area contributed by atoms with Crippen LogP contribution in [0.15, 0.2) is 28.9 Å². The molecule has 0 spiro atoms. The van der Waals surface area contributed by atoms with Crippen molar-refractivity contribution in [1.29, 1.82) is 0 Å². The van der Waals surface area contributed by atoms with Crippen molar-refractivity contribution < 1.29 is 23.4 Å². The van der Waals surface area contributed by atoms with Gasteiger partial charge in [0.1, 0.15) is 11.3 Å². The van der Waals surface area contributed by atoms with Gasteiger partial charge in [-0.05, 0) is 18.6 Å². The number of benzene rings is 1. The van der Waals surface area contributed by atoms with Crippen LogP contribution in [-0.4, -0.2) is 46.5 Å². The van der Waals surface area contributed by atoms with E-state index in [0.29, 0.717) is 32.8 Å². The number of hydrogen-bond donors (Lipinski definition) is 1. The fourth-order valence-electron chi connectivity index (χ4n) is 2.21. The summed E-state index contributed by atoms with van der Waals surface area (Å²) in [5.74, 6) is 0.705. The maximum atomic E-state index is 12.0. The Labute approximate surface area is 135 Å². The highest BCUT2D eigenvalue weighted by molar-refractivity contribution is 5.88. The zero-order chi connectivity index (χ0) is 16.5. The van der Waals surface area contributed by atoms with E-state index < -0.39 is 0 Å². The van der Waals surface area contributed by atoms with Crippen LogP contribution in [0.5, 0.6) is 5.75 Å². The minimum atomic E-state index is -0.0274. The van der Waals surface area contributed by atoms with Crippen molar-refractivity contribution in [3.63, 3.8) is 0 Å². The molecular weight excluding hydrogens is 298 g/mol. The third kappa shape index (κ3) is 5.26. The smallest absolute Gasteiger partial charge is 0.224 e. The fraction of sp³-hybridized carbons (Fsp3) is 0.471. The average Bonchev–Trinajstić information content (AvgIpc) is 2.96. The molecule has 1 N–H and O–H groups in total. The first-order chi connectivity index (χ1) is 11.2. The molecule has 0 unspecified atom stereocenters. The van der Waals surface area contributed by atoms with Gasteiger partial charge in [0, 0.05) is 37.3 Å². The summed E-state index contributed by atoms with van der Waals surface area (Å²) in [4.78, 5) is 12.0. The molecule has 0 aliphatic rings. The lowest BCUT2D eigenvalue weighted by molar-refractivity contribution is -0.120. The molecule has 1 heterocycles. The summed E-state index contributed by atoms with van der Waals surface area (Å²) in [6, 6.07) is 5.58. The average molecular weight is 321 g/mol. The standard InChI is InChI=1S/C17H23NO5/c1-20-8-9-22-7-3-6-18-17(19)10-13-12-23-16-11-14(21-2)4-5-15(13)16/h4-5,11-12H,3,6-10H2,1-2H3,(H,18,19). The van der Waals surface area contributed by atoms with E-state index in [1.165, 1.54) is 0 Å². The van der Waals surface area contributed by atoms with Gasteiger partial charge in [-0.2, -0.15) is 0 Å². The molecule has 1 aromatic carbocycles. The van der Waals surface area contributed by atoms with Gasteiger partial charge in [-0.1, -0.05) is 0 Å². The number of rotatable bonds is 10. The zero-order valence-electron chi connectivity index (χ0n) is 13.6. The van der Waals surface area contributed by atoms with Crippen LogP contribution in [0.3, 0.4) is 0 Å². The fourth-order valence-corrected chi connectivity index (χ4v) is 2.21. The molecule has 0 aliphatic carbocycles. The lowest BCUT2D eigenvalue weighted by atomic mass is 10.1.